The lowest BCUT2D eigenvalue weighted by atomic mass is 9.83. The summed E-state index contributed by atoms with van der Waals surface area (Å²) in [5, 5.41) is 8.77. The first-order chi connectivity index (χ1) is 6.82. The van der Waals surface area contributed by atoms with E-state index in [9.17, 15) is 9.59 Å². The summed E-state index contributed by atoms with van der Waals surface area (Å²) < 4.78 is 0. The molecule has 0 radical (unpaired) electrons. The Hall–Kier alpha value is -1.06. The average molecular weight is 213 g/mol. The summed E-state index contributed by atoms with van der Waals surface area (Å²) in [5.41, 5.74) is -0.412. The van der Waals surface area contributed by atoms with Gasteiger partial charge in [0.05, 0.1) is 0 Å². The van der Waals surface area contributed by atoms with Crippen molar-refractivity contribution in [3.63, 3.8) is 0 Å². The molecule has 0 heterocycles. The molecule has 1 N–H and O–H groups in total. The van der Waals surface area contributed by atoms with Gasteiger partial charge in [-0.15, -0.1) is 0 Å². The van der Waals surface area contributed by atoms with Crippen LogP contribution in [0.3, 0.4) is 0 Å². The third kappa shape index (κ3) is 2.94. The maximum absolute atomic E-state index is 12.0. The Morgan fingerprint density at radius 1 is 1.33 bits per heavy atom. The summed E-state index contributed by atoms with van der Waals surface area (Å²) >= 11 is 0. The smallest absolute Gasteiger partial charge is 0.323 e. The van der Waals surface area contributed by atoms with E-state index in [-0.39, 0.29) is 18.4 Å². The summed E-state index contributed by atoms with van der Waals surface area (Å²) in [6.45, 7) is 5.41. The Labute approximate surface area is 90.3 Å². The Balaban J connectivity index is 2.70. The van der Waals surface area contributed by atoms with Crippen LogP contribution in [0.25, 0.3) is 0 Å². The van der Waals surface area contributed by atoms with Crippen molar-refractivity contribution in [1.29, 1.82) is 0 Å². The monoisotopic (exact) mass is 213 g/mol. The first kappa shape index (κ1) is 12.0. The van der Waals surface area contributed by atoms with Gasteiger partial charge in [-0.1, -0.05) is 6.42 Å². The molecule has 86 valence electrons. The number of hydrogen-bond donors (Lipinski definition) is 1. The van der Waals surface area contributed by atoms with Crippen molar-refractivity contribution >= 4 is 11.9 Å². The van der Waals surface area contributed by atoms with Crippen LogP contribution in [-0.4, -0.2) is 34.0 Å². The van der Waals surface area contributed by atoms with Gasteiger partial charge < -0.3 is 10.0 Å². The van der Waals surface area contributed by atoms with Crippen LogP contribution in [0.1, 0.15) is 40.0 Å². The zero-order valence-electron chi connectivity index (χ0n) is 9.62. The molecule has 0 bridgehead atoms. The molecule has 0 aromatic heterocycles. The molecule has 1 fully saturated rings. The molecule has 0 aliphatic heterocycles. The van der Waals surface area contributed by atoms with E-state index in [0.717, 1.165) is 19.3 Å². The van der Waals surface area contributed by atoms with E-state index >= 15 is 0 Å². The lowest BCUT2D eigenvalue weighted by Gasteiger charge is -2.39. The molecule has 0 unspecified atom stereocenters. The van der Waals surface area contributed by atoms with Crippen LogP contribution in [0.2, 0.25) is 0 Å². The van der Waals surface area contributed by atoms with Crippen molar-refractivity contribution in [3.8, 4) is 0 Å². The van der Waals surface area contributed by atoms with Crippen molar-refractivity contribution in [3.05, 3.63) is 0 Å². The van der Waals surface area contributed by atoms with Crippen LogP contribution >= 0.6 is 0 Å². The summed E-state index contributed by atoms with van der Waals surface area (Å²) in [7, 11) is 0. The Morgan fingerprint density at radius 3 is 2.13 bits per heavy atom. The number of aliphatic carboxylic acids is 1. The zero-order chi connectivity index (χ0) is 11.6. The van der Waals surface area contributed by atoms with Gasteiger partial charge in [-0.3, -0.25) is 9.59 Å². The summed E-state index contributed by atoms with van der Waals surface area (Å²) in [6.07, 6.45) is 2.90. The molecule has 1 amide bonds. The van der Waals surface area contributed by atoms with Gasteiger partial charge in [-0.25, -0.2) is 0 Å². The van der Waals surface area contributed by atoms with E-state index in [1.807, 2.05) is 20.8 Å². The lowest BCUT2D eigenvalue weighted by Crippen LogP contribution is -2.51. The molecule has 0 saturated heterocycles. The number of amides is 1. The van der Waals surface area contributed by atoms with Crippen LogP contribution in [-0.2, 0) is 9.59 Å². The SMILES string of the molecule is CC(C)(C)N(CC(=O)O)C(=O)C1CCC1. The minimum absolute atomic E-state index is 0.00356. The molecule has 1 aliphatic rings. The van der Waals surface area contributed by atoms with Crippen LogP contribution in [0.5, 0.6) is 0 Å². The fourth-order valence-corrected chi connectivity index (χ4v) is 1.66. The summed E-state index contributed by atoms with van der Waals surface area (Å²) in [6, 6.07) is 0. The lowest BCUT2D eigenvalue weighted by molar-refractivity contribution is -0.152. The van der Waals surface area contributed by atoms with Gasteiger partial charge in [0.25, 0.3) is 0 Å². The highest BCUT2D eigenvalue weighted by Gasteiger charge is 2.35. The molecular weight excluding hydrogens is 194 g/mol. The highest BCUT2D eigenvalue weighted by Crippen LogP contribution is 2.30. The van der Waals surface area contributed by atoms with Gasteiger partial charge in [-0.2, -0.15) is 0 Å². The molecule has 0 atom stereocenters. The fraction of sp³-hybridized carbons (Fsp3) is 0.818. The van der Waals surface area contributed by atoms with Gasteiger partial charge in [0.1, 0.15) is 6.54 Å². The molecule has 4 nitrogen and oxygen atoms in total. The number of carbonyl (C=O) groups excluding carboxylic acids is 1. The summed E-state index contributed by atoms with van der Waals surface area (Å²) in [4.78, 5) is 24.1. The van der Waals surface area contributed by atoms with Gasteiger partial charge in [0, 0.05) is 11.5 Å². The van der Waals surface area contributed by atoms with Gasteiger partial charge in [0.15, 0.2) is 0 Å². The number of rotatable bonds is 3. The molecule has 0 aromatic carbocycles. The zero-order valence-corrected chi connectivity index (χ0v) is 9.62. The first-order valence-electron chi connectivity index (χ1n) is 5.35. The van der Waals surface area contributed by atoms with Crippen LogP contribution < -0.4 is 0 Å². The highest BCUT2D eigenvalue weighted by molar-refractivity contribution is 5.84. The van der Waals surface area contributed by atoms with E-state index in [2.05, 4.69) is 0 Å². The molecule has 0 aromatic rings. The van der Waals surface area contributed by atoms with Gasteiger partial charge >= 0.3 is 5.97 Å². The van der Waals surface area contributed by atoms with E-state index in [1.54, 1.807) is 0 Å². The predicted molar refractivity (Wildman–Crippen MR) is 56.4 cm³/mol. The maximum Gasteiger partial charge on any atom is 0.323 e. The standard InChI is InChI=1S/C11H19NO3/c1-11(2,3)12(7-9(13)14)10(15)8-5-4-6-8/h8H,4-7H2,1-3H3,(H,13,14). The fourth-order valence-electron chi connectivity index (χ4n) is 1.66. The second-order valence-corrected chi connectivity index (χ2v) is 5.12. The Bertz CT molecular complexity index is 263. The van der Waals surface area contributed by atoms with Gasteiger partial charge in [0.2, 0.25) is 5.91 Å². The van der Waals surface area contributed by atoms with E-state index in [4.69, 9.17) is 5.11 Å². The molecular formula is C11H19NO3. The minimum atomic E-state index is -0.947. The second-order valence-electron chi connectivity index (χ2n) is 5.12. The van der Waals surface area contributed by atoms with Crippen molar-refractivity contribution in [2.45, 2.75) is 45.6 Å². The van der Waals surface area contributed by atoms with Crippen LogP contribution in [0.4, 0.5) is 0 Å². The van der Waals surface area contributed by atoms with Gasteiger partial charge in [-0.05, 0) is 33.6 Å². The second kappa shape index (κ2) is 4.21. The van der Waals surface area contributed by atoms with Crippen LogP contribution in [0.15, 0.2) is 0 Å². The Kier molecular flexibility index (Phi) is 3.37. The number of nitrogens with zero attached hydrogens (tertiary/aromatic N) is 1. The number of carboxylic acids is 1. The van der Waals surface area contributed by atoms with E-state index in [0.29, 0.717) is 0 Å². The number of carboxylic acid groups (broad SMARTS) is 1. The number of hydrogen-bond acceptors (Lipinski definition) is 2. The number of carbonyl (C=O) groups is 2. The van der Waals surface area contributed by atoms with Crippen molar-refractivity contribution < 1.29 is 14.7 Å². The third-order valence-electron chi connectivity index (χ3n) is 2.82. The summed E-state index contributed by atoms with van der Waals surface area (Å²) in [5.74, 6) is -0.891. The largest absolute Gasteiger partial charge is 0.480 e. The van der Waals surface area contributed by atoms with E-state index < -0.39 is 11.5 Å². The highest BCUT2D eigenvalue weighted by atomic mass is 16.4. The minimum Gasteiger partial charge on any atom is -0.480 e. The third-order valence-corrected chi connectivity index (χ3v) is 2.82. The van der Waals surface area contributed by atoms with Crippen molar-refractivity contribution in [2.24, 2.45) is 5.92 Å². The van der Waals surface area contributed by atoms with Crippen molar-refractivity contribution in [2.75, 3.05) is 6.54 Å². The molecule has 1 aliphatic carbocycles. The molecule has 1 rings (SSSR count). The molecule has 4 heteroatoms. The predicted octanol–water partition coefficient (Wildman–Crippen LogP) is 1.50. The topological polar surface area (TPSA) is 57.6 Å². The molecule has 0 spiro atoms. The average Bonchev–Trinajstić information content (AvgIpc) is 1.93. The Morgan fingerprint density at radius 2 is 1.87 bits per heavy atom. The molecule has 1 saturated carbocycles. The first-order valence-corrected chi connectivity index (χ1v) is 5.35. The molecule has 15 heavy (non-hydrogen) atoms. The maximum atomic E-state index is 12.0. The quantitative estimate of drug-likeness (QED) is 0.772. The normalized spacial score (nSPS) is 17.0. The van der Waals surface area contributed by atoms with Crippen molar-refractivity contribution in [1.82, 2.24) is 4.90 Å². The van der Waals surface area contributed by atoms with E-state index in [1.165, 1.54) is 4.90 Å². The van der Waals surface area contributed by atoms with Crippen LogP contribution in [0, 0.1) is 5.92 Å².